The zero-order valence-corrected chi connectivity index (χ0v) is 10.7. The van der Waals surface area contributed by atoms with Crippen LogP contribution in [0, 0.1) is 0 Å². The highest BCUT2D eigenvalue weighted by molar-refractivity contribution is 5.87. The average molecular weight is 257 g/mol. The maximum absolute atomic E-state index is 11.7. The van der Waals surface area contributed by atoms with Crippen LogP contribution in [0.3, 0.4) is 0 Å². The van der Waals surface area contributed by atoms with Gasteiger partial charge in [-0.25, -0.2) is 0 Å². The molecule has 2 aromatic rings. The van der Waals surface area contributed by atoms with Crippen LogP contribution in [0.1, 0.15) is 18.9 Å². The summed E-state index contributed by atoms with van der Waals surface area (Å²) in [7, 11) is 0. The van der Waals surface area contributed by atoms with E-state index >= 15 is 0 Å². The Hall–Kier alpha value is -2.36. The van der Waals surface area contributed by atoms with E-state index in [0.717, 1.165) is 11.1 Å². The van der Waals surface area contributed by atoms with Crippen molar-refractivity contribution in [3.8, 4) is 0 Å². The molecule has 1 heterocycles. The van der Waals surface area contributed by atoms with Crippen LogP contribution in [0.4, 0.5) is 0 Å². The first kappa shape index (κ1) is 13.1. The number of hydrogen-bond donors (Lipinski definition) is 1. The van der Waals surface area contributed by atoms with Gasteiger partial charge in [0.15, 0.2) is 5.43 Å². The number of pyridine rings is 1. The lowest BCUT2D eigenvalue weighted by Crippen LogP contribution is -2.02. The van der Waals surface area contributed by atoms with Gasteiger partial charge in [0.2, 0.25) is 0 Å². The van der Waals surface area contributed by atoms with E-state index in [0.29, 0.717) is 12.0 Å². The Morgan fingerprint density at radius 3 is 3.00 bits per heavy atom. The SMILES string of the molecule is CCOC(=O)CC=Cc1cccc2c(=O)cc[nH]c12. The summed E-state index contributed by atoms with van der Waals surface area (Å²) in [5.41, 5.74) is 1.63. The van der Waals surface area contributed by atoms with Gasteiger partial charge in [-0.1, -0.05) is 24.3 Å². The Labute approximate surface area is 110 Å². The number of hydrogen-bond acceptors (Lipinski definition) is 3. The number of esters is 1. The molecule has 1 aromatic carbocycles. The molecule has 1 N–H and O–H groups in total. The van der Waals surface area contributed by atoms with Crippen LogP contribution >= 0.6 is 0 Å². The van der Waals surface area contributed by atoms with E-state index in [2.05, 4.69) is 4.98 Å². The van der Waals surface area contributed by atoms with E-state index in [1.54, 1.807) is 25.3 Å². The summed E-state index contributed by atoms with van der Waals surface area (Å²) in [6, 6.07) is 6.98. The second kappa shape index (κ2) is 6.00. The molecule has 2 rings (SSSR count). The normalized spacial score (nSPS) is 11.0. The van der Waals surface area contributed by atoms with Crippen LogP contribution in [0.25, 0.3) is 17.0 Å². The quantitative estimate of drug-likeness (QED) is 0.856. The molecule has 0 fully saturated rings. The van der Waals surface area contributed by atoms with Gasteiger partial charge in [0.05, 0.1) is 18.5 Å². The van der Waals surface area contributed by atoms with E-state index in [9.17, 15) is 9.59 Å². The number of aromatic nitrogens is 1. The maximum atomic E-state index is 11.7. The minimum atomic E-state index is -0.257. The second-order valence-corrected chi connectivity index (χ2v) is 4.02. The number of aromatic amines is 1. The van der Waals surface area contributed by atoms with Crippen molar-refractivity contribution < 1.29 is 9.53 Å². The van der Waals surface area contributed by atoms with Gasteiger partial charge in [-0.3, -0.25) is 9.59 Å². The molecule has 4 heteroatoms. The van der Waals surface area contributed by atoms with Crippen molar-refractivity contribution in [3.05, 3.63) is 52.3 Å². The molecule has 0 unspecified atom stereocenters. The highest BCUT2D eigenvalue weighted by atomic mass is 16.5. The Balaban J connectivity index is 2.26. The molecule has 4 nitrogen and oxygen atoms in total. The van der Waals surface area contributed by atoms with Gasteiger partial charge in [0, 0.05) is 17.6 Å². The fraction of sp³-hybridized carbons (Fsp3) is 0.200. The van der Waals surface area contributed by atoms with Gasteiger partial charge < -0.3 is 9.72 Å². The zero-order chi connectivity index (χ0) is 13.7. The molecule has 0 atom stereocenters. The Morgan fingerprint density at radius 1 is 1.37 bits per heavy atom. The molecular weight excluding hydrogens is 242 g/mol. The molecule has 0 aliphatic heterocycles. The number of fused-ring (bicyclic) bond motifs is 1. The van der Waals surface area contributed by atoms with Gasteiger partial charge in [-0.15, -0.1) is 0 Å². The first-order valence-electron chi connectivity index (χ1n) is 6.15. The number of carbonyl (C=O) groups is 1. The van der Waals surface area contributed by atoms with Crippen molar-refractivity contribution >= 4 is 22.9 Å². The van der Waals surface area contributed by atoms with Gasteiger partial charge in [-0.05, 0) is 18.6 Å². The third-order valence-electron chi connectivity index (χ3n) is 2.71. The zero-order valence-electron chi connectivity index (χ0n) is 10.7. The summed E-state index contributed by atoms with van der Waals surface area (Å²) >= 11 is 0. The topological polar surface area (TPSA) is 59.2 Å². The van der Waals surface area contributed by atoms with Crippen LogP contribution in [-0.4, -0.2) is 17.6 Å². The molecule has 0 aliphatic carbocycles. The molecule has 0 bridgehead atoms. The minimum absolute atomic E-state index is 0.0191. The second-order valence-electron chi connectivity index (χ2n) is 4.02. The maximum Gasteiger partial charge on any atom is 0.309 e. The number of rotatable bonds is 4. The molecular formula is C15H15NO3. The first-order chi connectivity index (χ1) is 9.22. The lowest BCUT2D eigenvalue weighted by atomic mass is 10.1. The third kappa shape index (κ3) is 3.10. The van der Waals surface area contributed by atoms with Gasteiger partial charge in [0.25, 0.3) is 0 Å². The average Bonchev–Trinajstić information content (AvgIpc) is 2.40. The summed E-state index contributed by atoms with van der Waals surface area (Å²) in [5.74, 6) is -0.257. The molecule has 98 valence electrons. The Morgan fingerprint density at radius 2 is 2.21 bits per heavy atom. The number of nitrogens with one attached hydrogen (secondary N) is 1. The van der Waals surface area contributed by atoms with Crippen molar-refractivity contribution in [1.82, 2.24) is 4.98 Å². The molecule has 0 aliphatic rings. The molecule has 0 radical (unpaired) electrons. The lowest BCUT2D eigenvalue weighted by molar-refractivity contribution is -0.142. The van der Waals surface area contributed by atoms with Crippen molar-refractivity contribution in [1.29, 1.82) is 0 Å². The fourth-order valence-electron chi connectivity index (χ4n) is 1.87. The van der Waals surface area contributed by atoms with E-state index in [4.69, 9.17) is 4.74 Å². The highest BCUT2D eigenvalue weighted by Crippen LogP contribution is 2.14. The highest BCUT2D eigenvalue weighted by Gasteiger charge is 2.01. The number of H-pyrrole nitrogens is 1. The minimum Gasteiger partial charge on any atom is -0.466 e. The van der Waals surface area contributed by atoms with Crippen LogP contribution < -0.4 is 5.43 Å². The van der Waals surface area contributed by atoms with Crippen molar-refractivity contribution in [2.45, 2.75) is 13.3 Å². The van der Waals surface area contributed by atoms with Gasteiger partial charge >= 0.3 is 5.97 Å². The van der Waals surface area contributed by atoms with Crippen LogP contribution in [0.2, 0.25) is 0 Å². The summed E-state index contributed by atoms with van der Waals surface area (Å²) in [5, 5.41) is 0.640. The van der Waals surface area contributed by atoms with Gasteiger partial charge in [0.1, 0.15) is 0 Å². The predicted molar refractivity (Wildman–Crippen MR) is 74.9 cm³/mol. The Bertz CT molecular complexity index is 670. The van der Waals surface area contributed by atoms with Crippen LogP contribution in [0.5, 0.6) is 0 Å². The monoisotopic (exact) mass is 257 g/mol. The van der Waals surface area contributed by atoms with E-state index in [-0.39, 0.29) is 17.8 Å². The van der Waals surface area contributed by atoms with Gasteiger partial charge in [-0.2, -0.15) is 0 Å². The standard InChI is InChI=1S/C15H15NO3/c1-2-19-14(18)8-4-6-11-5-3-7-12-13(17)9-10-16-15(11)12/h3-7,9-10H,2,8H2,1H3,(H,16,17). The molecule has 0 saturated carbocycles. The van der Waals surface area contributed by atoms with E-state index < -0.39 is 0 Å². The summed E-state index contributed by atoms with van der Waals surface area (Å²) in [6.07, 6.45) is 5.39. The third-order valence-corrected chi connectivity index (χ3v) is 2.71. The predicted octanol–water partition coefficient (Wildman–Crippen LogP) is 2.49. The molecule has 19 heavy (non-hydrogen) atoms. The fourth-order valence-corrected chi connectivity index (χ4v) is 1.87. The molecule has 0 amide bonds. The number of ether oxygens (including phenoxy) is 1. The molecule has 0 spiro atoms. The van der Waals surface area contributed by atoms with Crippen molar-refractivity contribution in [2.24, 2.45) is 0 Å². The summed E-state index contributed by atoms with van der Waals surface area (Å²) in [6.45, 7) is 2.16. The van der Waals surface area contributed by atoms with Crippen LogP contribution in [0.15, 0.2) is 41.3 Å². The smallest absolute Gasteiger partial charge is 0.309 e. The molecule has 1 aromatic heterocycles. The largest absolute Gasteiger partial charge is 0.466 e. The van der Waals surface area contributed by atoms with E-state index in [1.165, 1.54) is 6.07 Å². The number of carbonyl (C=O) groups excluding carboxylic acids is 1. The Kier molecular flexibility index (Phi) is 4.13. The summed E-state index contributed by atoms with van der Waals surface area (Å²) in [4.78, 5) is 26.0. The van der Waals surface area contributed by atoms with E-state index in [1.807, 2.05) is 18.2 Å². The van der Waals surface area contributed by atoms with Crippen molar-refractivity contribution in [2.75, 3.05) is 6.61 Å². The number of benzene rings is 1. The number of para-hydroxylation sites is 1. The lowest BCUT2D eigenvalue weighted by Gasteiger charge is -2.01. The first-order valence-corrected chi connectivity index (χ1v) is 6.15. The van der Waals surface area contributed by atoms with Crippen LogP contribution in [-0.2, 0) is 9.53 Å². The molecule has 0 saturated heterocycles. The summed E-state index contributed by atoms with van der Waals surface area (Å²) < 4.78 is 4.84. The van der Waals surface area contributed by atoms with Crippen molar-refractivity contribution in [3.63, 3.8) is 0 Å².